The quantitative estimate of drug-likeness (QED) is 0.254. The summed E-state index contributed by atoms with van der Waals surface area (Å²) in [5.41, 5.74) is 9.88. The first kappa shape index (κ1) is 20.4. The average Bonchev–Trinajstić information content (AvgIpc) is 3.55. The summed E-state index contributed by atoms with van der Waals surface area (Å²) in [6.07, 6.45) is 12.3. The van der Waals surface area contributed by atoms with Gasteiger partial charge in [0.15, 0.2) is 12.4 Å². The Morgan fingerprint density at radius 1 is 0.625 bits per heavy atom. The lowest BCUT2D eigenvalue weighted by Crippen LogP contribution is -3.00. The van der Waals surface area contributed by atoms with E-state index in [0.717, 1.165) is 56.0 Å². The third kappa shape index (κ3) is 3.89. The van der Waals surface area contributed by atoms with Gasteiger partial charge in [-0.2, -0.15) is 0 Å². The first-order valence-electron chi connectivity index (χ1n) is 10.2. The van der Waals surface area contributed by atoms with Crippen LogP contribution in [0.4, 0.5) is 0 Å². The highest BCUT2D eigenvalue weighted by Gasteiger charge is 2.14. The second-order valence-electron chi connectivity index (χ2n) is 7.81. The first-order chi connectivity index (χ1) is 15.2. The molecular formula is C26H20IN5. The van der Waals surface area contributed by atoms with Crippen LogP contribution in [-0.2, 0) is 7.05 Å². The number of aromatic amines is 2. The molecule has 0 atom stereocenters. The van der Waals surface area contributed by atoms with Gasteiger partial charge in [-0.15, -0.1) is 0 Å². The zero-order valence-corrected chi connectivity index (χ0v) is 19.5. The molecule has 5 nitrogen and oxygen atoms in total. The van der Waals surface area contributed by atoms with Gasteiger partial charge in [-0.3, -0.25) is 0 Å². The Labute approximate surface area is 202 Å². The third-order valence-electron chi connectivity index (χ3n) is 5.48. The monoisotopic (exact) mass is 529 g/mol. The molecule has 32 heavy (non-hydrogen) atoms. The van der Waals surface area contributed by atoms with Crippen molar-refractivity contribution in [2.75, 3.05) is 0 Å². The van der Waals surface area contributed by atoms with Crippen molar-refractivity contribution in [3.63, 3.8) is 0 Å². The highest BCUT2D eigenvalue weighted by molar-refractivity contribution is 5.88. The number of rotatable bonds is 1. The van der Waals surface area contributed by atoms with Gasteiger partial charge in [0.05, 0.1) is 22.8 Å². The van der Waals surface area contributed by atoms with E-state index in [2.05, 4.69) is 76.7 Å². The van der Waals surface area contributed by atoms with Gasteiger partial charge in [0.2, 0.25) is 0 Å². The Bertz CT molecular complexity index is 1450. The number of nitrogens with one attached hydrogen (secondary N) is 2. The van der Waals surface area contributed by atoms with E-state index in [-0.39, 0.29) is 24.0 Å². The van der Waals surface area contributed by atoms with Crippen LogP contribution >= 0.6 is 0 Å². The normalized spacial score (nSPS) is 12.0. The minimum absolute atomic E-state index is 0. The summed E-state index contributed by atoms with van der Waals surface area (Å²) in [5, 5.41) is 0. The van der Waals surface area contributed by atoms with Crippen LogP contribution in [0.25, 0.3) is 57.5 Å². The molecule has 0 fully saturated rings. The SMILES string of the molecule is C[n+]1ccc(-c2c3nc(cc4ccc(cc5ccc(cc6nc2C=C6)[nH]5)[nH]4)C=C3)cc1.[I-]. The van der Waals surface area contributed by atoms with Crippen molar-refractivity contribution >= 4 is 46.4 Å². The molecule has 2 aliphatic heterocycles. The maximum atomic E-state index is 4.91. The van der Waals surface area contributed by atoms with Crippen LogP contribution in [0, 0.1) is 0 Å². The van der Waals surface area contributed by atoms with Gasteiger partial charge in [-0.1, -0.05) is 0 Å². The predicted octanol–water partition coefficient (Wildman–Crippen LogP) is 2.15. The molecule has 4 aromatic rings. The van der Waals surface area contributed by atoms with E-state index >= 15 is 0 Å². The van der Waals surface area contributed by atoms with Crippen LogP contribution in [0.1, 0.15) is 22.8 Å². The number of aryl methyl sites for hydroxylation is 1. The van der Waals surface area contributed by atoms with Crippen LogP contribution in [0.15, 0.2) is 67.0 Å². The minimum Gasteiger partial charge on any atom is -1.00 e. The molecule has 0 saturated heterocycles. The smallest absolute Gasteiger partial charge is 0.169 e. The lowest BCUT2D eigenvalue weighted by Gasteiger charge is -2.03. The van der Waals surface area contributed by atoms with Crippen molar-refractivity contribution in [3.05, 3.63) is 89.8 Å². The number of hydrogen-bond donors (Lipinski definition) is 2. The number of hydrogen-bond acceptors (Lipinski definition) is 2. The van der Waals surface area contributed by atoms with E-state index in [9.17, 15) is 0 Å². The van der Waals surface area contributed by atoms with E-state index in [1.165, 1.54) is 0 Å². The van der Waals surface area contributed by atoms with Crippen LogP contribution < -0.4 is 28.5 Å². The fourth-order valence-electron chi connectivity index (χ4n) is 3.97. The highest BCUT2D eigenvalue weighted by Crippen LogP contribution is 2.30. The summed E-state index contributed by atoms with van der Waals surface area (Å²) in [6, 6.07) is 18.7. The zero-order chi connectivity index (χ0) is 20.8. The summed E-state index contributed by atoms with van der Waals surface area (Å²) in [7, 11) is 2.02. The van der Waals surface area contributed by atoms with Gasteiger partial charge in [0.25, 0.3) is 0 Å². The lowest BCUT2D eigenvalue weighted by atomic mass is 10.0. The molecule has 4 aromatic heterocycles. The van der Waals surface area contributed by atoms with Crippen LogP contribution in [0.3, 0.4) is 0 Å². The average molecular weight is 529 g/mol. The first-order valence-corrected chi connectivity index (χ1v) is 10.2. The van der Waals surface area contributed by atoms with Crippen LogP contribution in [0.5, 0.6) is 0 Å². The largest absolute Gasteiger partial charge is 1.00 e. The van der Waals surface area contributed by atoms with Crippen molar-refractivity contribution < 1.29 is 28.5 Å². The van der Waals surface area contributed by atoms with Crippen LogP contribution in [-0.4, -0.2) is 19.9 Å². The molecule has 2 N–H and O–H groups in total. The fourth-order valence-corrected chi connectivity index (χ4v) is 3.97. The third-order valence-corrected chi connectivity index (χ3v) is 5.48. The van der Waals surface area contributed by atoms with Gasteiger partial charge in [-0.25, -0.2) is 14.5 Å². The molecule has 156 valence electrons. The predicted molar refractivity (Wildman–Crippen MR) is 125 cm³/mol. The Kier molecular flexibility index (Phi) is 5.22. The van der Waals surface area contributed by atoms with Gasteiger partial charge in [-0.05, 0) is 72.3 Å². The maximum Gasteiger partial charge on any atom is 0.169 e. The van der Waals surface area contributed by atoms with E-state index < -0.39 is 0 Å². The summed E-state index contributed by atoms with van der Waals surface area (Å²) in [5.74, 6) is 0. The summed E-state index contributed by atoms with van der Waals surface area (Å²) in [4.78, 5) is 16.7. The second kappa shape index (κ2) is 8.20. The van der Waals surface area contributed by atoms with E-state index in [1.54, 1.807) is 0 Å². The van der Waals surface area contributed by atoms with Crippen molar-refractivity contribution in [3.8, 4) is 11.1 Å². The molecule has 6 heteroatoms. The van der Waals surface area contributed by atoms with Gasteiger partial charge >= 0.3 is 0 Å². The van der Waals surface area contributed by atoms with E-state index in [0.29, 0.717) is 0 Å². The van der Waals surface area contributed by atoms with Crippen molar-refractivity contribution in [1.82, 2.24) is 19.9 Å². The van der Waals surface area contributed by atoms with Gasteiger partial charge in [0, 0.05) is 39.8 Å². The van der Waals surface area contributed by atoms with Crippen molar-refractivity contribution in [2.24, 2.45) is 7.05 Å². The fraction of sp³-hybridized carbons (Fsp3) is 0.0385. The number of fused-ring (bicyclic) bond motifs is 8. The van der Waals surface area contributed by atoms with Gasteiger partial charge < -0.3 is 33.9 Å². The number of nitrogens with zero attached hydrogens (tertiary/aromatic N) is 3. The summed E-state index contributed by atoms with van der Waals surface area (Å²) >= 11 is 0. The molecule has 0 aliphatic carbocycles. The number of halogens is 1. The lowest BCUT2D eigenvalue weighted by molar-refractivity contribution is -0.671. The molecule has 0 aromatic carbocycles. The number of aromatic nitrogens is 5. The Morgan fingerprint density at radius 2 is 1.09 bits per heavy atom. The van der Waals surface area contributed by atoms with Crippen molar-refractivity contribution in [2.45, 2.75) is 0 Å². The van der Waals surface area contributed by atoms with Crippen LogP contribution in [0.2, 0.25) is 0 Å². The Morgan fingerprint density at radius 3 is 1.59 bits per heavy atom. The summed E-state index contributed by atoms with van der Waals surface area (Å²) < 4.78 is 2.03. The Hall–Kier alpha value is -3.52. The molecule has 6 heterocycles. The molecule has 0 spiro atoms. The van der Waals surface area contributed by atoms with Gasteiger partial charge in [0.1, 0.15) is 7.05 Å². The Balaban J connectivity index is 0.00000216. The van der Waals surface area contributed by atoms with Crippen molar-refractivity contribution in [1.29, 1.82) is 0 Å². The molecule has 0 amide bonds. The number of H-pyrrole nitrogens is 2. The topological polar surface area (TPSA) is 61.2 Å². The highest BCUT2D eigenvalue weighted by atomic mass is 127. The molecular weight excluding hydrogens is 509 g/mol. The zero-order valence-electron chi connectivity index (χ0n) is 17.4. The van der Waals surface area contributed by atoms with E-state index in [4.69, 9.17) is 9.97 Å². The summed E-state index contributed by atoms with van der Waals surface area (Å²) in [6.45, 7) is 0. The minimum atomic E-state index is 0. The van der Waals surface area contributed by atoms with E-state index in [1.807, 2.05) is 36.2 Å². The molecule has 0 saturated carbocycles. The molecule has 0 unspecified atom stereocenters. The number of pyridine rings is 1. The molecule has 2 aliphatic rings. The molecule has 6 rings (SSSR count). The second-order valence-corrected chi connectivity index (χ2v) is 7.81. The molecule has 8 bridgehead atoms. The maximum absolute atomic E-state index is 4.91. The standard InChI is InChI=1S/C26H19N5.HI/c1-31-12-10-17(11-13-31)26-24-8-6-22(29-24)15-20-4-2-18(27-20)14-19-3-5-21(28-19)16-23-7-9-25(26)30-23;/h2-16H,1H3,(H,27,28,29,30);1H. The molecule has 0 radical (unpaired) electrons.